The molecule has 0 aliphatic heterocycles. The number of fused-ring (bicyclic) bond motifs is 1. The van der Waals surface area contributed by atoms with Crippen LogP contribution in [0.4, 0.5) is 0 Å². The summed E-state index contributed by atoms with van der Waals surface area (Å²) in [5.74, 6) is 1.44. The summed E-state index contributed by atoms with van der Waals surface area (Å²) < 4.78 is 15.9. The maximum atomic E-state index is 12.4. The second-order valence-electron chi connectivity index (χ2n) is 5.35. The van der Waals surface area contributed by atoms with Crippen molar-refractivity contribution in [3.05, 3.63) is 47.8 Å². The summed E-state index contributed by atoms with van der Waals surface area (Å²) in [5, 5.41) is 2.89. The number of benzene rings is 2. The van der Waals surface area contributed by atoms with Gasteiger partial charge in [-0.3, -0.25) is 4.79 Å². The summed E-state index contributed by atoms with van der Waals surface area (Å²) in [6.07, 6.45) is 1.60. The van der Waals surface area contributed by atoms with Gasteiger partial charge in [0.25, 0.3) is 5.91 Å². The SMILES string of the molecule is COc1cc(CNC(=O)c2ccc3nc[nH]c3c2)cc(OC)c1OC. The second kappa shape index (κ2) is 7.12. The van der Waals surface area contributed by atoms with Crippen molar-refractivity contribution in [3.8, 4) is 17.2 Å². The van der Waals surface area contributed by atoms with E-state index in [9.17, 15) is 4.79 Å². The number of amides is 1. The first-order valence-electron chi connectivity index (χ1n) is 7.66. The van der Waals surface area contributed by atoms with Crippen LogP contribution < -0.4 is 19.5 Å². The Kier molecular flexibility index (Phi) is 4.74. The topological polar surface area (TPSA) is 85.5 Å². The molecule has 1 amide bonds. The largest absolute Gasteiger partial charge is 0.493 e. The molecule has 0 fully saturated rings. The molecule has 3 rings (SSSR count). The number of hydrogen-bond acceptors (Lipinski definition) is 5. The van der Waals surface area contributed by atoms with Crippen molar-refractivity contribution in [2.45, 2.75) is 6.54 Å². The molecule has 1 aromatic heterocycles. The fraction of sp³-hybridized carbons (Fsp3) is 0.222. The van der Waals surface area contributed by atoms with Gasteiger partial charge >= 0.3 is 0 Å². The molecular weight excluding hydrogens is 322 g/mol. The smallest absolute Gasteiger partial charge is 0.251 e. The standard InChI is InChI=1S/C18H19N3O4/c1-23-15-6-11(7-16(24-2)17(15)25-3)9-19-18(22)12-4-5-13-14(8-12)21-10-20-13/h4-8,10H,9H2,1-3H3,(H,19,22)(H,20,21). The minimum absolute atomic E-state index is 0.176. The van der Waals surface area contributed by atoms with E-state index in [4.69, 9.17) is 14.2 Å². The lowest BCUT2D eigenvalue weighted by Gasteiger charge is -2.14. The molecule has 0 saturated carbocycles. The molecule has 0 aliphatic carbocycles. The number of methoxy groups -OCH3 is 3. The predicted octanol–water partition coefficient (Wildman–Crippen LogP) is 2.52. The molecule has 0 bridgehead atoms. The van der Waals surface area contributed by atoms with Gasteiger partial charge < -0.3 is 24.5 Å². The van der Waals surface area contributed by atoms with Gasteiger partial charge in [-0.05, 0) is 35.9 Å². The molecule has 7 nitrogen and oxygen atoms in total. The monoisotopic (exact) mass is 341 g/mol. The molecule has 0 spiro atoms. The van der Waals surface area contributed by atoms with Gasteiger partial charge in [0.05, 0.1) is 38.7 Å². The highest BCUT2D eigenvalue weighted by atomic mass is 16.5. The van der Waals surface area contributed by atoms with Crippen LogP contribution in [0.15, 0.2) is 36.7 Å². The third-order valence-electron chi connectivity index (χ3n) is 3.86. The zero-order chi connectivity index (χ0) is 17.8. The first-order valence-corrected chi connectivity index (χ1v) is 7.66. The van der Waals surface area contributed by atoms with Gasteiger partial charge in [0, 0.05) is 12.1 Å². The Morgan fingerprint density at radius 3 is 2.44 bits per heavy atom. The van der Waals surface area contributed by atoms with Gasteiger partial charge in [0.2, 0.25) is 5.75 Å². The van der Waals surface area contributed by atoms with Gasteiger partial charge in [-0.1, -0.05) is 0 Å². The minimum Gasteiger partial charge on any atom is -0.493 e. The number of carbonyl (C=O) groups excluding carboxylic acids is 1. The van der Waals surface area contributed by atoms with Crippen LogP contribution >= 0.6 is 0 Å². The molecule has 3 aromatic rings. The van der Waals surface area contributed by atoms with Crippen LogP contribution in [0.3, 0.4) is 0 Å². The zero-order valence-corrected chi connectivity index (χ0v) is 14.3. The molecule has 2 N–H and O–H groups in total. The number of nitrogens with one attached hydrogen (secondary N) is 2. The van der Waals surface area contributed by atoms with E-state index < -0.39 is 0 Å². The zero-order valence-electron chi connectivity index (χ0n) is 14.3. The fourth-order valence-corrected chi connectivity index (χ4v) is 2.60. The average Bonchev–Trinajstić information content (AvgIpc) is 3.12. The number of H-pyrrole nitrogens is 1. The predicted molar refractivity (Wildman–Crippen MR) is 93.4 cm³/mol. The van der Waals surface area contributed by atoms with Crippen LogP contribution in [0.5, 0.6) is 17.2 Å². The van der Waals surface area contributed by atoms with Gasteiger partial charge in [0.1, 0.15) is 0 Å². The first-order chi connectivity index (χ1) is 12.2. The Morgan fingerprint density at radius 2 is 1.80 bits per heavy atom. The highest BCUT2D eigenvalue weighted by Crippen LogP contribution is 2.38. The Morgan fingerprint density at radius 1 is 1.08 bits per heavy atom. The Balaban J connectivity index is 1.77. The molecule has 0 saturated heterocycles. The lowest BCUT2D eigenvalue weighted by Crippen LogP contribution is -2.22. The normalized spacial score (nSPS) is 10.5. The van der Waals surface area contributed by atoms with Crippen molar-refractivity contribution in [3.63, 3.8) is 0 Å². The van der Waals surface area contributed by atoms with E-state index in [1.807, 2.05) is 0 Å². The van der Waals surface area contributed by atoms with Crippen LogP contribution in [-0.2, 0) is 6.54 Å². The van der Waals surface area contributed by atoms with E-state index in [0.29, 0.717) is 29.4 Å². The number of rotatable bonds is 6. The molecule has 25 heavy (non-hydrogen) atoms. The molecular formula is C18H19N3O4. The number of nitrogens with zero attached hydrogens (tertiary/aromatic N) is 1. The van der Waals surface area contributed by atoms with Crippen LogP contribution in [0, 0.1) is 0 Å². The summed E-state index contributed by atoms with van der Waals surface area (Å²) in [6.45, 7) is 0.330. The van der Waals surface area contributed by atoms with Crippen molar-refractivity contribution in [2.75, 3.05) is 21.3 Å². The maximum Gasteiger partial charge on any atom is 0.251 e. The third-order valence-corrected chi connectivity index (χ3v) is 3.86. The van der Waals surface area contributed by atoms with Crippen LogP contribution in [0.2, 0.25) is 0 Å². The number of aromatic nitrogens is 2. The molecule has 0 radical (unpaired) electrons. The van der Waals surface area contributed by atoms with E-state index in [-0.39, 0.29) is 5.91 Å². The number of hydrogen-bond donors (Lipinski definition) is 2. The lowest BCUT2D eigenvalue weighted by molar-refractivity contribution is 0.0951. The maximum absolute atomic E-state index is 12.4. The Labute approximate surface area is 144 Å². The van der Waals surface area contributed by atoms with Crippen LogP contribution in [-0.4, -0.2) is 37.2 Å². The van der Waals surface area contributed by atoms with Crippen molar-refractivity contribution in [1.29, 1.82) is 0 Å². The molecule has 2 aromatic carbocycles. The fourth-order valence-electron chi connectivity index (χ4n) is 2.60. The summed E-state index contributed by atoms with van der Waals surface area (Å²) >= 11 is 0. The number of aromatic amines is 1. The summed E-state index contributed by atoms with van der Waals surface area (Å²) in [7, 11) is 4.66. The van der Waals surface area contributed by atoms with Crippen molar-refractivity contribution < 1.29 is 19.0 Å². The number of carbonyl (C=O) groups is 1. The second-order valence-corrected chi connectivity index (χ2v) is 5.35. The summed E-state index contributed by atoms with van der Waals surface area (Å²) in [5.41, 5.74) is 3.04. The third kappa shape index (κ3) is 3.35. The van der Waals surface area contributed by atoms with Crippen molar-refractivity contribution in [1.82, 2.24) is 15.3 Å². The van der Waals surface area contributed by atoms with E-state index in [1.54, 1.807) is 58.0 Å². The van der Waals surface area contributed by atoms with Gasteiger partial charge in [-0.25, -0.2) is 4.98 Å². The van der Waals surface area contributed by atoms with E-state index in [0.717, 1.165) is 16.6 Å². The molecule has 0 atom stereocenters. The molecule has 0 unspecified atom stereocenters. The van der Waals surface area contributed by atoms with Gasteiger partial charge in [-0.15, -0.1) is 0 Å². The first kappa shape index (κ1) is 16.6. The highest BCUT2D eigenvalue weighted by Gasteiger charge is 2.14. The van der Waals surface area contributed by atoms with Crippen molar-refractivity contribution in [2.24, 2.45) is 0 Å². The quantitative estimate of drug-likeness (QED) is 0.719. The summed E-state index contributed by atoms with van der Waals surface area (Å²) in [6, 6.07) is 8.93. The number of ether oxygens (including phenoxy) is 3. The average molecular weight is 341 g/mol. The van der Waals surface area contributed by atoms with Gasteiger partial charge in [0.15, 0.2) is 11.5 Å². The molecule has 7 heteroatoms. The van der Waals surface area contributed by atoms with Crippen LogP contribution in [0.25, 0.3) is 11.0 Å². The van der Waals surface area contributed by atoms with Crippen LogP contribution in [0.1, 0.15) is 15.9 Å². The van der Waals surface area contributed by atoms with E-state index in [2.05, 4.69) is 15.3 Å². The minimum atomic E-state index is -0.176. The lowest BCUT2D eigenvalue weighted by atomic mass is 10.1. The summed E-state index contributed by atoms with van der Waals surface area (Å²) in [4.78, 5) is 19.5. The Bertz CT molecular complexity index is 879. The number of imidazole rings is 1. The molecule has 1 heterocycles. The highest BCUT2D eigenvalue weighted by molar-refractivity contribution is 5.97. The van der Waals surface area contributed by atoms with E-state index in [1.165, 1.54) is 0 Å². The van der Waals surface area contributed by atoms with Gasteiger partial charge in [-0.2, -0.15) is 0 Å². The Hall–Kier alpha value is -3.22. The molecule has 0 aliphatic rings. The molecule has 130 valence electrons. The van der Waals surface area contributed by atoms with Crippen molar-refractivity contribution >= 4 is 16.9 Å². The van der Waals surface area contributed by atoms with E-state index >= 15 is 0 Å².